The van der Waals surface area contributed by atoms with Crippen LogP contribution in [0.4, 0.5) is 0 Å². The summed E-state index contributed by atoms with van der Waals surface area (Å²) in [6.07, 6.45) is 1.37. The second kappa shape index (κ2) is 6.96. The summed E-state index contributed by atoms with van der Waals surface area (Å²) in [5.41, 5.74) is 0.422. The zero-order chi connectivity index (χ0) is 14.7. The SMILES string of the molecule is CC(C)C(C)CC(C(C)C(C)C(C)C)C(C)(C)C. The molecule has 0 N–H and O–H groups in total. The molecule has 4 atom stereocenters. The smallest absolute Gasteiger partial charge is 0.0334 e. The molecule has 0 aliphatic carbocycles. The summed E-state index contributed by atoms with van der Waals surface area (Å²) in [4.78, 5) is 0. The van der Waals surface area contributed by atoms with Crippen molar-refractivity contribution in [3.63, 3.8) is 0 Å². The van der Waals surface area contributed by atoms with Crippen LogP contribution in [0, 0.1) is 40.9 Å². The summed E-state index contributed by atoms with van der Waals surface area (Å²) in [5.74, 6) is 4.87. The van der Waals surface area contributed by atoms with Crippen molar-refractivity contribution in [2.75, 3.05) is 0 Å². The highest BCUT2D eigenvalue weighted by molar-refractivity contribution is 4.83. The van der Waals surface area contributed by atoms with Gasteiger partial charge in [-0.25, -0.2) is 0 Å². The van der Waals surface area contributed by atoms with Gasteiger partial charge in [-0.1, -0.05) is 69.2 Å². The highest BCUT2D eigenvalue weighted by atomic mass is 14.4. The van der Waals surface area contributed by atoms with E-state index in [2.05, 4.69) is 69.2 Å². The summed E-state index contributed by atoms with van der Waals surface area (Å²) in [7, 11) is 0. The molecule has 0 saturated heterocycles. The maximum absolute atomic E-state index is 2.48. The number of hydrogen-bond donors (Lipinski definition) is 0. The van der Waals surface area contributed by atoms with Crippen molar-refractivity contribution in [3.8, 4) is 0 Å². The largest absolute Gasteiger partial charge is 0.0625 e. The summed E-state index contributed by atoms with van der Waals surface area (Å²) in [5, 5.41) is 0. The fourth-order valence-corrected chi connectivity index (χ4v) is 3.00. The molecular formula is C18H38. The minimum absolute atomic E-state index is 0.422. The molecule has 0 bridgehead atoms. The average Bonchev–Trinajstić information content (AvgIpc) is 2.21. The predicted molar refractivity (Wildman–Crippen MR) is 84.7 cm³/mol. The van der Waals surface area contributed by atoms with E-state index in [0.29, 0.717) is 5.41 Å². The van der Waals surface area contributed by atoms with Gasteiger partial charge < -0.3 is 0 Å². The molecule has 0 aliphatic heterocycles. The Morgan fingerprint density at radius 3 is 1.39 bits per heavy atom. The summed E-state index contributed by atoms with van der Waals surface area (Å²) in [6, 6.07) is 0. The van der Waals surface area contributed by atoms with Gasteiger partial charge in [-0.15, -0.1) is 0 Å². The van der Waals surface area contributed by atoms with Gasteiger partial charge >= 0.3 is 0 Å². The van der Waals surface area contributed by atoms with Crippen LogP contribution in [-0.2, 0) is 0 Å². The van der Waals surface area contributed by atoms with E-state index in [1.807, 2.05) is 0 Å². The van der Waals surface area contributed by atoms with Gasteiger partial charge in [0.05, 0.1) is 0 Å². The molecule has 110 valence electrons. The lowest BCUT2D eigenvalue weighted by molar-refractivity contribution is 0.0788. The second-order valence-electron chi connectivity index (χ2n) is 8.39. The first-order valence-electron chi connectivity index (χ1n) is 7.98. The van der Waals surface area contributed by atoms with E-state index in [1.54, 1.807) is 0 Å². The third kappa shape index (κ3) is 5.33. The molecule has 0 fully saturated rings. The molecule has 0 amide bonds. The average molecular weight is 255 g/mol. The van der Waals surface area contributed by atoms with Crippen LogP contribution >= 0.6 is 0 Å². The third-order valence-corrected chi connectivity index (χ3v) is 5.39. The quantitative estimate of drug-likeness (QED) is 0.525. The first-order valence-corrected chi connectivity index (χ1v) is 7.98. The molecule has 0 nitrogen and oxygen atoms in total. The predicted octanol–water partition coefficient (Wildman–Crippen LogP) is 6.26. The third-order valence-electron chi connectivity index (χ3n) is 5.39. The lowest BCUT2D eigenvalue weighted by Gasteiger charge is -2.41. The Morgan fingerprint density at radius 1 is 0.667 bits per heavy atom. The van der Waals surface area contributed by atoms with Crippen molar-refractivity contribution >= 4 is 0 Å². The van der Waals surface area contributed by atoms with Crippen LogP contribution in [-0.4, -0.2) is 0 Å². The Kier molecular flexibility index (Phi) is 6.96. The first kappa shape index (κ1) is 18.0. The molecule has 0 saturated carbocycles. The van der Waals surface area contributed by atoms with Gasteiger partial charge in [0.2, 0.25) is 0 Å². The second-order valence-corrected chi connectivity index (χ2v) is 8.39. The standard InChI is InChI=1S/C18H38/c1-12(2)14(5)11-17(18(8,9)10)16(7)15(6)13(3)4/h12-17H,11H2,1-10H3. The van der Waals surface area contributed by atoms with Crippen LogP contribution in [0.3, 0.4) is 0 Å². The van der Waals surface area contributed by atoms with E-state index in [9.17, 15) is 0 Å². The van der Waals surface area contributed by atoms with Crippen LogP contribution in [0.2, 0.25) is 0 Å². The van der Waals surface area contributed by atoms with Crippen LogP contribution in [0.15, 0.2) is 0 Å². The maximum atomic E-state index is 2.48. The van der Waals surface area contributed by atoms with Crippen molar-refractivity contribution in [1.82, 2.24) is 0 Å². The Hall–Kier alpha value is 0. The molecule has 18 heavy (non-hydrogen) atoms. The van der Waals surface area contributed by atoms with E-state index in [1.165, 1.54) is 6.42 Å². The topological polar surface area (TPSA) is 0 Å². The molecule has 0 heteroatoms. The van der Waals surface area contributed by atoms with Crippen molar-refractivity contribution in [2.24, 2.45) is 40.9 Å². The van der Waals surface area contributed by atoms with Gasteiger partial charge in [0.15, 0.2) is 0 Å². The molecule has 0 radical (unpaired) electrons. The lowest BCUT2D eigenvalue weighted by Crippen LogP contribution is -2.34. The van der Waals surface area contributed by atoms with Crippen molar-refractivity contribution < 1.29 is 0 Å². The normalized spacial score (nSPS) is 20.0. The zero-order valence-electron chi connectivity index (χ0n) is 14.7. The molecule has 0 rings (SSSR count). The molecule has 4 unspecified atom stereocenters. The van der Waals surface area contributed by atoms with Crippen molar-refractivity contribution in [2.45, 2.75) is 75.7 Å². The molecule has 0 spiro atoms. The minimum atomic E-state index is 0.422. The van der Waals surface area contributed by atoms with E-state index >= 15 is 0 Å². The first-order chi connectivity index (χ1) is 7.98. The van der Waals surface area contributed by atoms with Gasteiger partial charge in [-0.2, -0.15) is 0 Å². The van der Waals surface area contributed by atoms with Crippen LogP contribution < -0.4 is 0 Å². The van der Waals surface area contributed by atoms with Gasteiger partial charge in [-0.05, 0) is 47.3 Å². The zero-order valence-corrected chi connectivity index (χ0v) is 14.7. The van der Waals surface area contributed by atoms with Crippen molar-refractivity contribution in [1.29, 1.82) is 0 Å². The minimum Gasteiger partial charge on any atom is -0.0625 e. The van der Waals surface area contributed by atoms with Crippen LogP contribution in [0.1, 0.15) is 75.7 Å². The van der Waals surface area contributed by atoms with Gasteiger partial charge in [0, 0.05) is 0 Å². The van der Waals surface area contributed by atoms with E-state index in [-0.39, 0.29) is 0 Å². The summed E-state index contributed by atoms with van der Waals surface area (Å²) >= 11 is 0. The van der Waals surface area contributed by atoms with E-state index in [4.69, 9.17) is 0 Å². The van der Waals surface area contributed by atoms with E-state index in [0.717, 1.165) is 35.5 Å². The van der Waals surface area contributed by atoms with Crippen LogP contribution in [0.5, 0.6) is 0 Å². The molecule has 0 heterocycles. The van der Waals surface area contributed by atoms with Gasteiger partial charge in [0.1, 0.15) is 0 Å². The van der Waals surface area contributed by atoms with E-state index < -0.39 is 0 Å². The molecule has 0 aromatic carbocycles. The molecule has 0 aromatic rings. The fourth-order valence-electron chi connectivity index (χ4n) is 3.00. The molecule has 0 aliphatic rings. The Bertz CT molecular complexity index is 219. The summed E-state index contributed by atoms with van der Waals surface area (Å²) < 4.78 is 0. The Balaban J connectivity index is 4.90. The Labute approximate surface area is 117 Å². The maximum Gasteiger partial charge on any atom is -0.0334 e. The van der Waals surface area contributed by atoms with Gasteiger partial charge in [0.25, 0.3) is 0 Å². The Morgan fingerprint density at radius 2 is 1.11 bits per heavy atom. The van der Waals surface area contributed by atoms with Crippen LogP contribution in [0.25, 0.3) is 0 Å². The number of hydrogen-bond acceptors (Lipinski definition) is 0. The number of rotatable bonds is 6. The highest BCUT2D eigenvalue weighted by Crippen LogP contribution is 2.42. The van der Waals surface area contributed by atoms with Crippen molar-refractivity contribution in [3.05, 3.63) is 0 Å². The van der Waals surface area contributed by atoms with Gasteiger partial charge in [-0.3, -0.25) is 0 Å². The fraction of sp³-hybridized carbons (Fsp3) is 1.00. The monoisotopic (exact) mass is 254 g/mol. The molecular weight excluding hydrogens is 216 g/mol. The summed E-state index contributed by atoms with van der Waals surface area (Å²) in [6.45, 7) is 24.1. The highest BCUT2D eigenvalue weighted by Gasteiger charge is 2.34. The lowest BCUT2D eigenvalue weighted by atomic mass is 9.64. The molecule has 0 aromatic heterocycles.